The number of rotatable bonds is 6. The van der Waals surface area contributed by atoms with Gasteiger partial charge in [0.1, 0.15) is 0 Å². The minimum Gasteiger partial charge on any atom is -0.473 e. The topological polar surface area (TPSA) is 9.23 Å². The first-order valence-corrected chi connectivity index (χ1v) is 8.19. The van der Waals surface area contributed by atoms with E-state index in [1.165, 1.54) is 51.4 Å². The third-order valence-electron chi connectivity index (χ3n) is 4.90. The summed E-state index contributed by atoms with van der Waals surface area (Å²) in [5, 5.41) is 0. The third-order valence-corrected chi connectivity index (χ3v) is 4.90. The van der Waals surface area contributed by atoms with Crippen LogP contribution in [-0.4, -0.2) is 0 Å². The molecule has 1 heteroatoms. The van der Waals surface area contributed by atoms with Crippen molar-refractivity contribution in [3.63, 3.8) is 0 Å². The molecular formula is C18H30O. The fourth-order valence-corrected chi connectivity index (χ4v) is 3.73. The van der Waals surface area contributed by atoms with Gasteiger partial charge >= 0.3 is 0 Å². The Morgan fingerprint density at radius 1 is 0.789 bits per heavy atom. The molecule has 108 valence electrons. The average molecular weight is 262 g/mol. The van der Waals surface area contributed by atoms with Gasteiger partial charge in [-0.3, -0.25) is 0 Å². The Morgan fingerprint density at radius 2 is 1.26 bits per heavy atom. The molecule has 2 aliphatic rings. The van der Waals surface area contributed by atoms with E-state index in [9.17, 15) is 0 Å². The molecular weight excluding hydrogens is 232 g/mol. The highest BCUT2D eigenvalue weighted by Crippen LogP contribution is 2.33. The predicted molar refractivity (Wildman–Crippen MR) is 81.6 cm³/mol. The van der Waals surface area contributed by atoms with Crippen molar-refractivity contribution >= 4 is 0 Å². The summed E-state index contributed by atoms with van der Waals surface area (Å²) < 4.78 is 5.45. The molecule has 2 saturated carbocycles. The molecule has 0 amide bonds. The van der Waals surface area contributed by atoms with Crippen LogP contribution in [0.25, 0.3) is 0 Å². The second-order valence-corrected chi connectivity index (χ2v) is 6.92. The van der Waals surface area contributed by atoms with Crippen LogP contribution in [-0.2, 0) is 4.74 Å². The highest BCUT2D eigenvalue weighted by atomic mass is 16.5. The van der Waals surface area contributed by atoms with Crippen LogP contribution in [0.4, 0.5) is 0 Å². The van der Waals surface area contributed by atoms with Crippen molar-refractivity contribution < 1.29 is 4.74 Å². The molecule has 19 heavy (non-hydrogen) atoms. The van der Waals surface area contributed by atoms with Crippen LogP contribution in [0.2, 0.25) is 0 Å². The lowest BCUT2D eigenvalue weighted by Crippen LogP contribution is -1.92. The SMILES string of the molecule is CC1CCC(CC=COC=CCC2CCC(C)C2)C1. The van der Waals surface area contributed by atoms with Crippen molar-refractivity contribution in [2.24, 2.45) is 23.7 Å². The fourth-order valence-electron chi connectivity index (χ4n) is 3.73. The lowest BCUT2D eigenvalue weighted by Gasteiger charge is -2.05. The van der Waals surface area contributed by atoms with Crippen LogP contribution in [0, 0.1) is 23.7 Å². The number of hydrogen-bond donors (Lipinski definition) is 0. The first kappa shape index (κ1) is 14.7. The molecule has 2 rings (SSSR count). The van der Waals surface area contributed by atoms with Gasteiger partial charge in [-0.05, 0) is 74.3 Å². The molecule has 0 aromatic rings. The molecule has 0 saturated heterocycles. The zero-order valence-corrected chi connectivity index (χ0v) is 12.7. The second kappa shape index (κ2) is 7.77. The maximum atomic E-state index is 5.45. The Labute approximate surface area is 119 Å². The molecule has 0 radical (unpaired) electrons. The standard InChI is InChI=1S/C18H30O/c1-15-7-9-17(13-15)5-3-11-19-12-4-6-18-10-8-16(2)14-18/h3-4,11-12,15-18H,5-10,13-14H2,1-2H3. The Hall–Kier alpha value is -0.720. The predicted octanol–water partition coefficient (Wildman–Crippen LogP) is 5.68. The van der Waals surface area contributed by atoms with E-state index in [0.29, 0.717) is 0 Å². The van der Waals surface area contributed by atoms with Crippen molar-refractivity contribution in [1.82, 2.24) is 0 Å². The van der Waals surface area contributed by atoms with Gasteiger partial charge in [0.15, 0.2) is 0 Å². The molecule has 0 N–H and O–H groups in total. The van der Waals surface area contributed by atoms with Crippen LogP contribution in [0.3, 0.4) is 0 Å². The third kappa shape index (κ3) is 5.42. The minimum absolute atomic E-state index is 0.902. The lowest BCUT2D eigenvalue weighted by molar-refractivity contribution is 0.392. The molecule has 1 nitrogen and oxygen atoms in total. The summed E-state index contributed by atoms with van der Waals surface area (Å²) in [6.45, 7) is 4.74. The van der Waals surface area contributed by atoms with E-state index in [1.54, 1.807) is 0 Å². The van der Waals surface area contributed by atoms with Gasteiger partial charge in [0.2, 0.25) is 0 Å². The molecule has 0 spiro atoms. The fraction of sp³-hybridized carbons (Fsp3) is 0.778. The van der Waals surface area contributed by atoms with Gasteiger partial charge in [-0.1, -0.05) is 26.7 Å². The van der Waals surface area contributed by atoms with Crippen LogP contribution >= 0.6 is 0 Å². The Bertz CT molecular complexity index is 275. The smallest absolute Gasteiger partial charge is 0.0861 e. The molecule has 0 aromatic carbocycles. The lowest BCUT2D eigenvalue weighted by atomic mass is 10.0. The van der Waals surface area contributed by atoms with Gasteiger partial charge in [-0.15, -0.1) is 0 Å². The van der Waals surface area contributed by atoms with E-state index in [-0.39, 0.29) is 0 Å². The van der Waals surface area contributed by atoms with Crippen molar-refractivity contribution in [2.45, 2.75) is 65.2 Å². The summed E-state index contributed by atoms with van der Waals surface area (Å²) in [5.74, 6) is 3.68. The molecule has 2 aliphatic carbocycles. The summed E-state index contributed by atoms with van der Waals surface area (Å²) in [6, 6.07) is 0. The summed E-state index contributed by atoms with van der Waals surface area (Å²) in [7, 11) is 0. The first-order chi connectivity index (χ1) is 9.24. The number of hydrogen-bond acceptors (Lipinski definition) is 1. The van der Waals surface area contributed by atoms with Crippen molar-refractivity contribution in [2.75, 3.05) is 0 Å². The van der Waals surface area contributed by atoms with Crippen LogP contribution in [0.15, 0.2) is 24.7 Å². The zero-order chi connectivity index (χ0) is 13.5. The number of ether oxygens (including phenoxy) is 1. The average Bonchev–Trinajstić information content (AvgIpc) is 2.97. The van der Waals surface area contributed by atoms with Crippen molar-refractivity contribution in [3.8, 4) is 0 Å². The number of allylic oxidation sites excluding steroid dienone is 2. The molecule has 4 unspecified atom stereocenters. The quantitative estimate of drug-likeness (QED) is 0.559. The normalized spacial score (nSPS) is 35.7. The van der Waals surface area contributed by atoms with Crippen molar-refractivity contribution in [3.05, 3.63) is 24.7 Å². The first-order valence-electron chi connectivity index (χ1n) is 8.19. The Morgan fingerprint density at radius 3 is 1.63 bits per heavy atom. The molecule has 2 fully saturated rings. The second-order valence-electron chi connectivity index (χ2n) is 6.92. The van der Waals surface area contributed by atoms with Gasteiger partial charge in [-0.25, -0.2) is 0 Å². The van der Waals surface area contributed by atoms with E-state index >= 15 is 0 Å². The maximum absolute atomic E-state index is 5.45. The highest BCUT2D eigenvalue weighted by molar-refractivity contribution is 4.86. The van der Waals surface area contributed by atoms with E-state index in [4.69, 9.17) is 4.74 Å². The summed E-state index contributed by atoms with van der Waals surface area (Å²) >= 11 is 0. The Balaban J connectivity index is 1.51. The largest absolute Gasteiger partial charge is 0.473 e. The van der Waals surface area contributed by atoms with Crippen LogP contribution in [0.5, 0.6) is 0 Å². The monoisotopic (exact) mass is 262 g/mol. The van der Waals surface area contributed by atoms with Crippen LogP contribution < -0.4 is 0 Å². The Kier molecular flexibility index (Phi) is 6.00. The summed E-state index contributed by atoms with van der Waals surface area (Å²) in [5.41, 5.74) is 0. The summed E-state index contributed by atoms with van der Waals surface area (Å²) in [4.78, 5) is 0. The zero-order valence-electron chi connectivity index (χ0n) is 12.7. The van der Waals surface area contributed by atoms with E-state index < -0.39 is 0 Å². The van der Waals surface area contributed by atoms with Gasteiger partial charge in [-0.2, -0.15) is 0 Å². The summed E-state index contributed by atoms with van der Waals surface area (Å²) in [6.07, 6.45) is 19.0. The van der Waals surface area contributed by atoms with Crippen LogP contribution in [0.1, 0.15) is 65.2 Å². The van der Waals surface area contributed by atoms with Crippen molar-refractivity contribution in [1.29, 1.82) is 0 Å². The minimum atomic E-state index is 0.902. The van der Waals surface area contributed by atoms with Gasteiger partial charge in [0.05, 0.1) is 12.5 Å². The highest BCUT2D eigenvalue weighted by Gasteiger charge is 2.20. The molecule has 0 aromatic heterocycles. The van der Waals surface area contributed by atoms with Gasteiger partial charge < -0.3 is 4.74 Å². The maximum Gasteiger partial charge on any atom is 0.0861 e. The van der Waals surface area contributed by atoms with E-state index in [0.717, 1.165) is 23.7 Å². The molecule has 0 bridgehead atoms. The van der Waals surface area contributed by atoms with E-state index in [2.05, 4.69) is 26.0 Å². The molecule has 0 heterocycles. The van der Waals surface area contributed by atoms with Gasteiger partial charge in [0, 0.05) is 0 Å². The molecule has 0 aliphatic heterocycles. The molecule has 4 atom stereocenters. The van der Waals surface area contributed by atoms with E-state index in [1.807, 2.05) is 12.5 Å². The van der Waals surface area contributed by atoms with Gasteiger partial charge in [0.25, 0.3) is 0 Å².